The summed E-state index contributed by atoms with van der Waals surface area (Å²) in [5.74, 6) is 0.167. The number of ether oxygens (including phenoxy) is 1. The summed E-state index contributed by atoms with van der Waals surface area (Å²) in [4.78, 5) is 28.9. The number of nitrogens with one attached hydrogen (secondary N) is 1. The molecule has 0 aliphatic carbocycles. The Morgan fingerprint density at radius 3 is 3.09 bits per heavy atom. The zero-order valence-corrected chi connectivity index (χ0v) is 13.4. The van der Waals surface area contributed by atoms with Gasteiger partial charge < -0.3 is 14.7 Å². The molecular formula is C13H17ClN6O3. The predicted molar refractivity (Wildman–Crippen MR) is 85.2 cm³/mol. The molecule has 124 valence electrons. The van der Waals surface area contributed by atoms with E-state index in [1.54, 1.807) is 9.47 Å². The molecule has 0 saturated carbocycles. The molecule has 0 aromatic carbocycles. The number of aliphatic imine (C=N–C) groups is 1. The molecule has 2 aromatic heterocycles. The molecule has 10 heteroatoms. The average molecular weight is 341 g/mol. The van der Waals surface area contributed by atoms with Crippen LogP contribution in [0.5, 0.6) is 0 Å². The summed E-state index contributed by atoms with van der Waals surface area (Å²) >= 11 is 6.29. The molecule has 0 unspecified atom stereocenters. The number of halogens is 1. The normalized spacial score (nSPS) is 24.8. The van der Waals surface area contributed by atoms with Crippen molar-refractivity contribution in [1.82, 2.24) is 24.4 Å². The van der Waals surface area contributed by atoms with E-state index >= 15 is 0 Å². The largest absolute Gasteiger partial charge is 0.394 e. The second-order valence-corrected chi connectivity index (χ2v) is 6.07. The second-order valence-electron chi connectivity index (χ2n) is 5.50. The van der Waals surface area contributed by atoms with Gasteiger partial charge in [-0.2, -0.15) is 4.98 Å². The van der Waals surface area contributed by atoms with Crippen molar-refractivity contribution < 1.29 is 9.84 Å². The Hall–Kier alpha value is -1.97. The van der Waals surface area contributed by atoms with Gasteiger partial charge in [-0.15, -0.1) is 11.6 Å². The maximum Gasteiger partial charge on any atom is 0.280 e. The number of aromatic amines is 1. The van der Waals surface area contributed by atoms with Gasteiger partial charge in [-0.05, 0) is 6.42 Å². The number of aromatic nitrogens is 4. The van der Waals surface area contributed by atoms with Crippen molar-refractivity contribution in [2.24, 2.45) is 4.99 Å². The summed E-state index contributed by atoms with van der Waals surface area (Å²) < 4.78 is 7.30. The average Bonchev–Trinajstić information content (AvgIpc) is 3.08. The van der Waals surface area contributed by atoms with E-state index in [1.165, 1.54) is 12.7 Å². The standard InChI is InChI=1S/C13H17ClN6O3/c1-19(2)5-16-13-17-10-9(11(22)18-13)15-6-20(10)12-8(14)3-7(4-21)23-12/h5-8,12,21H,3-4H2,1-2H3,(H,17,18,22)/b16-5+/t7-,8-,12+/m0/s1. The number of alkyl halides is 1. The molecule has 3 rings (SSSR count). The number of nitrogens with zero attached hydrogens (tertiary/aromatic N) is 5. The van der Waals surface area contributed by atoms with Crippen LogP contribution in [0.4, 0.5) is 5.95 Å². The molecule has 1 aliphatic rings. The summed E-state index contributed by atoms with van der Waals surface area (Å²) in [6.07, 6.45) is 2.62. The summed E-state index contributed by atoms with van der Waals surface area (Å²) in [5, 5.41) is 8.87. The van der Waals surface area contributed by atoms with E-state index in [4.69, 9.17) is 16.3 Å². The highest BCUT2D eigenvalue weighted by molar-refractivity contribution is 6.21. The van der Waals surface area contributed by atoms with Gasteiger partial charge in [0.25, 0.3) is 5.56 Å². The first-order chi connectivity index (χ1) is 11.0. The summed E-state index contributed by atoms with van der Waals surface area (Å²) in [6.45, 7) is -0.112. The quantitative estimate of drug-likeness (QED) is 0.468. The summed E-state index contributed by atoms with van der Waals surface area (Å²) in [5.41, 5.74) is 0.144. The van der Waals surface area contributed by atoms with Gasteiger partial charge in [-0.1, -0.05) is 0 Å². The molecule has 0 bridgehead atoms. The number of imidazole rings is 1. The van der Waals surface area contributed by atoms with Gasteiger partial charge in [-0.25, -0.2) is 9.98 Å². The third-order valence-corrected chi connectivity index (χ3v) is 3.83. The van der Waals surface area contributed by atoms with Crippen molar-refractivity contribution in [3.8, 4) is 0 Å². The molecule has 3 heterocycles. The molecule has 2 N–H and O–H groups in total. The van der Waals surface area contributed by atoms with Crippen molar-refractivity contribution in [2.75, 3.05) is 20.7 Å². The van der Waals surface area contributed by atoms with Crippen LogP contribution in [0, 0.1) is 0 Å². The van der Waals surface area contributed by atoms with Gasteiger partial charge in [-0.3, -0.25) is 14.3 Å². The number of fused-ring (bicyclic) bond motifs is 1. The highest BCUT2D eigenvalue weighted by atomic mass is 35.5. The maximum absolute atomic E-state index is 12.1. The number of hydrogen-bond donors (Lipinski definition) is 2. The van der Waals surface area contributed by atoms with Crippen molar-refractivity contribution in [3.63, 3.8) is 0 Å². The molecule has 1 saturated heterocycles. The zero-order chi connectivity index (χ0) is 16.6. The molecule has 0 radical (unpaired) electrons. The fraction of sp³-hybridized carbons (Fsp3) is 0.538. The Labute approximate surface area is 136 Å². The van der Waals surface area contributed by atoms with Gasteiger partial charge in [0.2, 0.25) is 5.95 Å². The third-order valence-electron chi connectivity index (χ3n) is 3.44. The molecule has 1 fully saturated rings. The van der Waals surface area contributed by atoms with Gasteiger partial charge in [0.05, 0.1) is 30.8 Å². The molecular weight excluding hydrogens is 324 g/mol. The highest BCUT2D eigenvalue weighted by Gasteiger charge is 2.36. The molecule has 9 nitrogen and oxygen atoms in total. The van der Waals surface area contributed by atoms with E-state index < -0.39 is 6.23 Å². The van der Waals surface area contributed by atoms with Gasteiger partial charge in [0.1, 0.15) is 0 Å². The van der Waals surface area contributed by atoms with E-state index in [0.29, 0.717) is 12.1 Å². The number of H-pyrrole nitrogens is 1. The molecule has 3 atom stereocenters. The van der Waals surface area contributed by atoms with E-state index in [1.807, 2.05) is 14.1 Å². The SMILES string of the molecule is CN(C)/C=N/c1nc2c(ncn2[C@@H]2O[C@H](CO)C[C@@H]2Cl)c(=O)[nH]1. The molecule has 1 aliphatic heterocycles. The Morgan fingerprint density at radius 2 is 2.43 bits per heavy atom. The minimum absolute atomic E-state index is 0.112. The molecule has 23 heavy (non-hydrogen) atoms. The maximum atomic E-state index is 12.1. The zero-order valence-electron chi connectivity index (χ0n) is 12.7. The molecule has 0 amide bonds. The summed E-state index contributed by atoms with van der Waals surface area (Å²) in [6, 6.07) is 0. The van der Waals surface area contributed by atoms with Gasteiger partial charge >= 0.3 is 0 Å². The minimum Gasteiger partial charge on any atom is -0.394 e. The number of aliphatic hydroxyl groups is 1. The first-order valence-electron chi connectivity index (χ1n) is 7.07. The van der Waals surface area contributed by atoms with Crippen LogP contribution in [0.3, 0.4) is 0 Å². The lowest BCUT2D eigenvalue weighted by molar-refractivity contribution is -0.0199. The van der Waals surface area contributed by atoms with E-state index in [-0.39, 0.29) is 35.1 Å². The second kappa shape index (κ2) is 6.26. The monoisotopic (exact) mass is 340 g/mol. The highest BCUT2D eigenvalue weighted by Crippen LogP contribution is 2.34. The van der Waals surface area contributed by atoms with Crippen molar-refractivity contribution >= 4 is 35.1 Å². The van der Waals surface area contributed by atoms with Crippen LogP contribution in [0.1, 0.15) is 12.6 Å². The van der Waals surface area contributed by atoms with Gasteiger partial charge in [0, 0.05) is 14.1 Å². The number of aliphatic hydroxyl groups excluding tert-OH is 1. The van der Waals surface area contributed by atoms with Crippen LogP contribution in [0.2, 0.25) is 0 Å². The van der Waals surface area contributed by atoms with E-state index in [0.717, 1.165) is 0 Å². The summed E-state index contributed by atoms with van der Waals surface area (Å²) in [7, 11) is 3.62. The van der Waals surface area contributed by atoms with Crippen LogP contribution in [0.25, 0.3) is 11.2 Å². The number of rotatable bonds is 4. The lowest BCUT2D eigenvalue weighted by atomic mass is 10.2. The van der Waals surface area contributed by atoms with Crippen molar-refractivity contribution in [2.45, 2.75) is 24.1 Å². The van der Waals surface area contributed by atoms with Gasteiger partial charge in [0.15, 0.2) is 17.4 Å². The Kier molecular flexibility index (Phi) is 4.33. The first-order valence-corrected chi connectivity index (χ1v) is 7.51. The van der Waals surface area contributed by atoms with Crippen LogP contribution in [-0.2, 0) is 4.74 Å². The Bertz CT molecular complexity index is 786. The molecule has 2 aromatic rings. The van der Waals surface area contributed by atoms with Crippen molar-refractivity contribution in [1.29, 1.82) is 0 Å². The predicted octanol–water partition coefficient (Wildman–Crippen LogP) is 0.228. The third kappa shape index (κ3) is 3.07. The lowest BCUT2D eigenvalue weighted by Crippen LogP contribution is -2.17. The first kappa shape index (κ1) is 15.9. The van der Waals surface area contributed by atoms with Crippen molar-refractivity contribution in [3.05, 3.63) is 16.7 Å². The van der Waals surface area contributed by atoms with Crippen LogP contribution >= 0.6 is 11.6 Å². The Balaban J connectivity index is 2.03. The minimum atomic E-state index is -0.543. The fourth-order valence-electron chi connectivity index (χ4n) is 2.39. The smallest absolute Gasteiger partial charge is 0.280 e. The van der Waals surface area contributed by atoms with Crippen LogP contribution < -0.4 is 5.56 Å². The van der Waals surface area contributed by atoms with Crippen LogP contribution in [-0.4, -0.2) is 68.0 Å². The topological polar surface area (TPSA) is 109 Å². The fourth-order valence-corrected chi connectivity index (χ4v) is 2.77. The van der Waals surface area contributed by atoms with E-state index in [2.05, 4.69) is 19.9 Å². The van der Waals surface area contributed by atoms with E-state index in [9.17, 15) is 9.90 Å². The lowest BCUT2D eigenvalue weighted by Gasteiger charge is -2.16. The van der Waals surface area contributed by atoms with Crippen LogP contribution in [0.15, 0.2) is 16.1 Å². The Morgan fingerprint density at radius 1 is 1.65 bits per heavy atom. The molecule has 0 spiro atoms. The number of hydrogen-bond acceptors (Lipinski definition) is 6.